The summed E-state index contributed by atoms with van der Waals surface area (Å²) >= 11 is 0. The van der Waals surface area contributed by atoms with Crippen LogP contribution in [-0.4, -0.2) is 24.7 Å². The van der Waals surface area contributed by atoms with E-state index in [1.165, 1.54) is 0 Å². The van der Waals surface area contributed by atoms with Crippen LogP contribution in [-0.2, 0) is 0 Å². The second-order valence-electron chi connectivity index (χ2n) is 8.08. The zero-order valence-corrected chi connectivity index (χ0v) is 18.9. The molecule has 0 aliphatic carbocycles. The van der Waals surface area contributed by atoms with Crippen molar-refractivity contribution in [1.29, 1.82) is 0 Å². The highest BCUT2D eigenvalue weighted by molar-refractivity contribution is 5.87. The Bertz CT molecular complexity index is 1390. The van der Waals surface area contributed by atoms with Crippen LogP contribution in [0.15, 0.2) is 65.4 Å². The van der Waals surface area contributed by atoms with E-state index in [4.69, 9.17) is 19.2 Å². The first-order chi connectivity index (χ1) is 16.0. The highest BCUT2D eigenvalue weighted by atomic mass is 16.5. The Balaban J connectivity index is 1.52. The van der Waals surface area contributed by atoms with Gasteiger partial charge in [0.1, 0.15) is 17.3 Å². The third-order valence-corrected chi connectivity index (χ3v) is 5.33. The minimum Gasteiger partial charge on any atom is -0.457 e. The van der Waals surface area contributed by atoms with Crippen LogP contribution >= 0.6 is 0 Å². The lowest BCUT2D eigenvalue weighted by atomic mass is 10.2. The van der Waals surface area contributed by atoms with Crippen LogP contribution in [0.5, 0.6) is 11.5 Å². The minimum atomic E-state index is 0.199. The largest absolute Gasteiger partial charge is 0.457 e. The SMILES string of the molecule is Cc1noc(C)c1-c1nc(Nc2ccc(Oc3ccccc3)cc2)c2ncn(C(C)C)c2n1. The van der Waals surface area contributed by atoms with Crippen molar-refractivity contribution in [1.82, 2.24) is 24.7 Å². The number of nitrogens with one attached hydrogen (secondary N) is 1. The van der Waals surface area contributed by atoms with Gasteiger partial charge in [0.05, 0.1) is 17.6 Å². The van der Waals surface area contributed by atoms with E-state index in [1.54, 1.807) is 6.33 Å². The molecule has 5 rings (SSSR count). The summed E-state index contributed by atoms with van der Waals surface area (Å²) in [4.78, 5) is 14.2. The lowest BCUT2D eigenvalue weighted by Gasteiger charge is -2.12. The Labute approximate surface area is 191 Å². The van der Waals surface area contributed by atoms with Gasteiger partial charge >= 0.3 is 0 Å². The molecule has 3 aromatic heterocycles. The first kappa shape index (κ1) is 20.7. The van der Waals surface area contributed by atoms with Crippen molar-refractivity contribution in [2.45, 2.75) is 33.7 Å². The van der Waals surface area contributed by atoms with E-state index in [2.05, 4.69) is 29.3 Å². The maximum absolute atomic E-state index is 5.89. The van der Waals surface area contributed by atoms with Crippen LogP contribution in [0.4, 0.5) is 11.5 Å². The van der Waals surface area contributed by atoms with E-state index in [1.807, 2.05) is 73.0 Å². The minimum absolute atomic E-state index is 0.199. The van der Waals surface area contributed by atoms with Crippen molar-refractivity contribution >= 4 is 22.7 Å². The van der Waals surface area contributed by atoms with Gasteiger partial charge in [-0.3, -0.25) is 0 Å². The molecule has 0 amide bonds. The summed E-state index contributed by atoms with van der Waals surface area (Å²) in [5.41, 5.74) is 3.85. The van der Waals surface area contributed by atoms with Crippen molar-refractivity contribution in [3.63, 3.8) is 0 Å². The molecule has 0 aliphatic heterocycles. The fourth-order valence-electron chi connectivity index (χ4n) is 3.66. The Morgan fingerprint density at radius 1 is 0.939 bits per heavy atom. The molecular formula is C25H24N6O2. The number of aryl methyl sites for hydroxylation is 2. The third-order valence-electron chi connectivity index (χ3n) is 5.33. The van der Waals surface area contributed by atoms with Crippen LogP contribution in [0.1, 0.15) is 31.3 Å². The molecule has 0 aliphatic rings. The Morgan fingerprint density at radius 2 is 1.67 bits per heavy atom. The van der Waals surface area contributed by atoms with E-state index in [-0.39, 0.29) is 6.04 Å². The number of benzene rings is 2. The van der Waals surface area contributed by atoms with Crippen molar-refractivity contribution in [2.24, 2.45) is 0 Å². The standard InChI is InChI=1S/C25H24N6O2/c1-15(2)31-14-26-22-24(28-23(29-25(22)31)21-16(3)30-33-17(21)4)27-18-10-12-20(13-11-18)32-19-8-6-5-7-9-19/h5-15H,1-4H3,(H,27,28,29). The number of aromatic nitrogens is 5. The molecule has 3 heterocycles. The summed E-state index contributed by atoms with van der Waals surface area (Å²) in [6.45, 7) is 7.94. The van der Waals surface area contributed by atoms with Gasteiger partial charge < -0.3 is 19.1 Å². The van der Waals surface area contributed by atoms with Gasteiger partial charge in [-0.05, 0) is 64.1 Å². The molecule has 1 N–H and O–H groups in total. The van der Waals surface area contributed by atoms with E-state index in [9.17, 15) is 0 Å². The highest BCUT2D eigenvalue weighted by Crippen LogP contribution is 2.31. The van der Waals surface area contributed by atoms with Crippen molar-refractivity contribution in [3.05, 3.63) is 72.4 Å². The molecule has 166 valence electrons. The van der Waals surface area contributed by atoms with Gasteiger partial charge in [0.25, 0.3) is 0 Å². The van der Waals surface area contributed by atoms with E-state index in [0.29, 0.717) is 22.9 Å². The van der Waals surface area contributed by atoms with E-state index in [0.717, 1.165) is 34.1 Å². The predicted octanol–water partition coefficient (Wildman–Crippen LogP) is 6.21. The molecule has 0 unspecified atom stereocenters. The molecule has 0 atom stereocenters. The smallest absolute Gasteiger partial charge is 0.169 e. The average molecular weight is 441 g/mol. The van der Waals surface area contributed by atoms with Crippen LogP contribution < -0.4 is 10.1 Å². The topological polar surface area (TPSA) is 90.9 Å². The van der Waals surface area contributed by atoms with Gasteiger partial charge in [0.2, 0.25) is 0 Å². The van der Waals surface area contributed by atoms with Gasteiger partial charge in [-0.2, -0.15) is 0 Å². The van der Waals surface area contributed by atoms with Crippen molar-refractivity contribution in [3.8, 4) is 22.9 Å². The number of rotatable bonds is 6. The van der Waals surface area contributed by atoms with Crippen LogP contribution in [0.3, 0.4) is 0 Å². The number of hydrogen-bond donors (Lipinski definition) is 1. The number of nitrogens with zero attached hydrogens (tertiary/aromatic N) is 5. The molecule has 0 saturated heterocycles. The summed E-state index contributed by atoms with van der Waals surface area (Å²) in [6, 6.07) is 17.6. The molecule has 8 heteroatoms. The maximum atomic E-state index is 5.89. The predicted molar refractivity (Wildman–Crippen MR) is 127 cm³/mol. The molecule has 0 bridgehead atoms. The van der Waals surface area contributed by atoms with Crippen LogP contribution in [0, 0.1) is 13.8 Å². The first-order valence-electron chi connectivity index (χ1n) is 10.8. The number of fused-ring (bicyclic) bond motifs is 1. The van der Waals surface area contributed by atoms with E-state index >= 15 is 0 Å². The normalized spacial score (nSPS) is 11.3. The number of para-hydroxylation sites is 1. The molecular weight excluding hydrogens is 416 g/mol. The maximum Gasteiger partial charge on any atom is 0.169 e. The van der Waals surface area contributed by atoms with E-state index < -0.39 is 0 Å². The van der Waals surface area contributed by atoms with Gasteiger partial charge in [-0.1, -0.05) is 23.4 Å². The summed E-state index contributed by atoms with van der Waals surface area (Å²) in [6.07, 6.45) is 1.79. The first-order valence-corrected chi connectivity index (χ1v) is 10.8. The molecule has 0 radical (unpaired) electrons. The fourth-order valence-corrected chi connectivity index (χ4v) is 3.66. The Hall–Kier alpha value is -4.20. The van der Waals surface area contributed by atoms with Crippen LogP contribution in [0.2, 0.25) is 0 Å². The molecule has 5 aromatic rings. The molecule has 2 aromatic carbocycles. The average Bonchev–Trinajstić information content (AvgIpc) is 3.39. The number of ether oxygens (including phenoxy) is 1. The lowest BCUT2D eigenvalue weighted by molar-refractivity contribution is 0.393. The second-order valence-corrected chi connectivity index (χ2v) is 8.08. The summed E-state index contributed by atoms with van der Waals surface area (Å²) < 4.78 is 13.3. The van der Waals surface area contributed by atoms with Gasteiger partial charge in [-0.25, -0.2) is 15.0 Å². The zero-order valence-electron chi connectivity index (χ0n) is 18.9. The summed E-state index contributed by atoms with van der Waals surface area (Å²) in [5, 5.41) is 7.46. The highest BCUT2D eigenvalue weighted by Gasteiger charge is 2.20. The summed E-state index contributed by atoms with van der Waals surface area (Å²) in [7, 11) is 0. The van der Waals surface area contributed by atoms with Gasteiger partial charge in [0.15, 0.2) is 22.8 Å². The van der Waals surface area contributed by atoms with Crippen molar-refractivity contribution < 1.29 is 9.26 Å². The number of hydrogen-bond acceptors (Lipinski definition) is 7. The lowest BCUT2D eigenvalue weighted by Crippen LogP contribution is -2.04. The molecule has 0 fully saturated rings. The number of imidazole rings is 1. The quantitative estimate of drug-likeness (QED) is 0.335. The molecule has 8 nitrogen and oxygen atoms in total. The Morgan fingerprint density at radius 3 is 2.33 bits per heavy atom. The number of anilines is 2. The summed E-state index contributed by atoms with van der Waals surface area (Å²) in [5.74, 6) is 3.38. The van der Waals surface area contributed by atoms with Gasteiger partial charge in [-0.15, -0.1) is 0 Å². The van der Waals surface area contributed by atoms with Crippen LogP contribution in [0.25, 0.3) is 22.6 Å². The monoisotopic (exact) mass is 440 g/mol. The van der Waals surface area contributed by atoms with Crippen molar-refractivity contribution in [2.75, 3.05) is 5.32 Å². The molecule has 0 saturated carbocycles. The third kappa shape index (κ3) is 4.03. The molecule has 33 heavy (non-hydrogen) atoms. The Kier molecular flexibility index (Phi) is 5.26. The fraction of sp³-hybridized carbons (Fsp3) is 0.200. The second kappa shape index (κ2) is 8.38. The zero-order chi connectivity index (χ0) is 22.9. The van der Waals surface area contributed by atoms with Gasteiger partial charge in [0, 0.05) is 11.7 Å². The molecule has 0 spiro atoms.